The van der Waals surface area contributed by atoms with Gasteiger partial charge in [0.05, 0.1) is 12.7 Å². The fraction of sp³-hybridized carbons (Fsp3) is 0.308. The van der Waals surface area contributed by atoms with Crippen LogP contribution in [0.1, 0.15) is 38.4 Å². The van der Waals surface area contributed by atoms with Gasteiger partial charge in [0, 0.05) is 41.8 Å². The lowest BCUT2D eigenvalue weighted by molar-refractivity contribution is 0.0929. The number of hydrogen-bond donors (Lipinski definition) is 2. The van der Waals surface area contributed by atoms with E-state index in [-0.39, 0.29) is 17.9 Å². The summed E-state index contributed by atoms with van der Waals surface area (Å²) >= 11 is 1.71. The predicted octanol–water partition coefficient (Wildman–Crippen LogP) is 4.13. The molecule has 33 heavy (non-hydrogen) atoms. The lowest BCUT2D eigenvalue weighted by atomic mass is 10.0. The van der Waals surface area contributed by atoms with E-state index in [1.54, 1.807) is 42.7 Å². The molecule has 2 heterocycles. The highest BCUT2D eigenvalue weighted by Gasteiger charge is 2.24. The van der Waals surface area contributed by atoms with Gasteiger partial charge >= 0.3 is 0 Å². The first-order chi connectivity index (χ1) is 16.1. The number of rotatable bonds is 8. The highest BCUT2D eigenvalue weighted by atomic mass is 32.1. The molecule has 0 radical (unpaired) electrons. The van der Waals surface area contributed by atoms with Crippen LogP contribution in [0.4, 0.5) is 5.69 Å². The van der Waals surface area contributed by atoms with Crippen molar-refractivity contribution in [3.05, 3.63) is 82.0 Å². The maximum atomic E-state index is 12.8. The van der Waals surface area contributed by atoms with E-state index in [9.17, 15) is 9.59 Å². The van der Waals surface area contributed by atoms with E-state index in [2.05, 4.69) is 27.0 Å². The Kier molecular flexibility index (Phi) is 7.62. The monoisotopic (exact) mass is 463 g/mol. The van der Waals surface area contributed by atoms with E-state index in [0.717, 1.165) is 43.8 Å². The molecule has 2 N–H and O–H groups in total. The number of amides is 2. The molecule has 0 atom stereocenters. The van der Waals surface area contributed by atoms with Gasteiger partial charge in [-0.3, -0.25) is 9.59 Å². The molecule has 1 aliphatic heterocycles. The average molecular weight is 464 g/mol. The molecule has 172 valence electrons. The largest absolute Gasteiger partial charge is 0.497 e. The summed E-state index contributed by atoms with van der Waals surface area (Å²) in [6.07, 6.45) is 2.50. The standard InChI is InChI=1S/C26H29N3O3S/c1-32-21-10-8-19(9-11-21)25(30)28-20-13-16-29(17-14-20)24-7-3-2-6-23(24)26(31)27-15-12-22-5-4-18-33-22/h2-11,18,20H,12-17H2,1H3,(H,27,31)(H,28,30). The minimum atomic E-state index is -0.0679. The van der Waals surface area contributed by atoms with Crippen molar-refractivity contribution in [3.63, 3.8) is 0 Å². The van der Waals surface area contributed by atoms with Gasteiger partial charge in [-0.2, -0.15) is 0 Å². The smallest absolute Gasteiger partial charge is 0.253 e. The van der Waals surface area contributed by atoms with Crippen LogP contribution in [-0.2, 0) is 6.42 Å². The van der Waals surface area contributed by atoms with Gasteiger partial charge in [0.25, 0.3) is 11.8 Å². The van der Waals surface area contributed by atoms with Crippen molar-refractivity contribution < 1.29 is 14.3 Å². The molecule has 7 heteroatoms. The van der Waals surface area contributed by atoms with Crippen LogP contribution in [0.2, 0.25) is 0 Å². The highest BCUT2D eigenvalue weighted by Crippen LogP contribution is 2.24. The quantitative estimate of drug-likeness (QED) is 0.527. The summed E-state index contributed by atoms with van der Waals surface area (Å²) in [5.74, 6) is 0.618. The maximum absolute atomic E-state index is 12.8. The fourth-order valence-electron chi connectivity index (χ4n) is 4.07. The van der Waals surface area contributed by atoms with Crippen LogP contribution in [0.5, 0.6) is 5.75 Å². The number of benzene rings is 2. The molecule has 6 nitrogen and oxygen atoms in total. The van der Waals surface area contributed by atoms with E-state index in [0.29, 0.717) is 17.7 Å². The molecule has 3 aromatic rings. The Morgan fingerprint density at radius 2 is 1.76 bits per heavy atom. The van der Waals surface area contributed by atoms with Crippen LogP contribution in [0.3, 0.4) is 0 Å². The number of nitrogens with zero attached hydrogens (tertiary/aromatic N) is 1. The van der Waals surface area contributed by atoms with Crippen LogP contribution in [0.15, 0.2) is 66.0 Å². The number of ether oxygens (including phenoxy) is 1. The summed E-state index contributed by atoms with van der Waals surface area (Å²) in [5.41, 5.74) is 2.28. The summed E-state index contributed by atoms with van der Waals surface area (Å²) < 4.78 is 5.15. The van der Waals surface area contributed by atoms with Crippen molar-refractivity contribution in [1.82, 2.24) is 10.6 Å². The molecule has 2 aromatic carbocycles. The van der Waals surface area contributed by atoms with Gasteiger partial charge in [0.2, 0.25) is 0 Å². The molecule has 1 saturated heterocycles. The van der Waals surface area contributed by atoms with Crippen molar-refractivity contribution in [3.8, 4) is 5.75 Å². The average Bonchev–Trinajstić information content (AvgIpc) is 3.38. The zero-order valence-electron chi connectivity index (χ0n) is 18.8. The summed E-state index contributed by atoms with van der Waals surface area (Å²) in [7, 11) is 1.61. The third kappa shape index (κ3) is 5.93. The van der Waals surface area contributed by atoms with Gasteiger partial charge < -0.3 is 20.3 Å². The molecule has 0 aliphatic carbocycles. The number of carbonyl (C=O) groups excluding carboxylic acids is 2. The lowest BCUT2D eigenvalue weighted by Crippen LogP contribution is -2.45. The Bertz CT molecular complexity index is 1060. The number of para-hydroxylation sites is 1. The highest BCUT2D eigenvalue weighted by molar-refractivity contribution is 7.09. The summed E-state index contributed by atoms with van der Waals surface area (Å²) in [6, 6.07) is 19.1. The Morgan fingerprint density at radius 1 is 1.00 bits per heavy atom. The second-order valence-corrected chi connectivity index (χ2v) is 9.10. The van der Waals surface area contributed by atoms with E-state index >= 15 is 0 Å². The Balaban J connectivity index is 1.31. The SMILES string of the molecule is COc1ccc(C(=O)NC2CCN(c3ccccc3C(=O)NCCc3cccs3)CC2)cc1. The van der Waals surface area contributed by atoms with Gasteiger partial charge in [0.1, 0.15) is 5.75 Å². The minimum Gasteiger partial charge on any atom is -0.497 e. The molecule has 2 amide bonds. The van der Waals surface area contributed by atoms with Crippen LogP contribution in [0.25, 0.3) is 0 Å². The summed E-state index contributed by atoms with van der Waals surface area (Å²) in [6.45, 7) is 2.19. The second kappa shape index (κ2) is 11.0. The molecule has 1 aliphatic rings. The van der Waals surface area contributed by atoms with Crippen molar-refractivity contribution >= 4 is 28.8 Å². The summed E-state index contributed by atoms with van der Waals surface area (Å²) in [5, 5.41) is 8.24. The van der Waals surface area contributed by atoms with Crippen LogP contribution >= 0.6 is 11.3 Å². The second-order valence-electron chi connectivity index (χ2n) is 8.07. The van der Waals surface area contributed by atoms with Crippen LogP contribution in [0, 0.1) is 0 Å². The number of nitrogens with one attached hydrogen (secondary N) is 2. The van der Waals surface area contributed by atoms with Gasteiger partial charge in [-0.05, 0) is 67.1 Å². The number of carbonyl (C=O) groups is 2. The summed E-state index contributed by atoms with van der Waals surface area (Å²) in [4.78, 5) is 28.9. The number of thiophene rings is 1. The normalized spacial score (nSPS) is 14.0. The zero-order valence-corrected chi connectivity index (χ0v) is 19.6. The Hall–Kier alpha value is -3.32. The molecule has 1 fully saturated rings. The van der Waals surface area contributed by atoms with E-state index in [1.807, 2.05) is 30.3 Å². The molecule has 0 spiro atoms. The Morgan fingerprint density at radius 3 is 2.45 bits per heavy atom. The first kappa shape index (κ1) is 22.9. The van der Waals surface area contributed by atoms with Gasteiger partial charge in [-0.25, -0.2) is 0 Å². The number of anilines is 1. The fourth-order valence-corrected chi connectivity index (χ4v) is 4.78. The predicted molar refractivity (Wildman–Crippen MR) is 132 cm³/mol. The molecule has 1 aromatic heterocycles. The third-order valence-corrected chi connectivity index (χ3v) is 6.84. The molecular formula is C26H29N3O3S. The van der Waals surface area contributed by atoms with E-state index < -0.39 is 0 Å². The first-order valence-electron chi connectivity index (χ1n) is 11.2. The van der Waals surface area contributed by atoms with Crippen LogP contribution in [-0.4, -0.2) is 44.6 Å². The topological polar surface area (TPSA) is 70.7 Å². The molecule has 0 bridgehead atoms. The Labute approximate surface area is 198 Å². The number of methoxy groups -OCH3 is 1. The lowest BCUT2D eigenvalue weighted by Gasteiger charge is -2.35. The molecular weight excluding hydrogens is 434 g/mol. The van der Waals surface area contributed by atoms with E-state index in [4.69, 9.17) is 4.74 Å². The number of piperidine rings is 1. The van der Waals surface area contributed by atoms with Gasteiger partial charge in [-0.1, -0.05) is 18.2 Å². The van der Waals surface area contributed by atoms with Gasteiger partial charge in [-0.15, -0.1) is 11.3 Å². The molecule has 0 unspecified atom stereocenters. The van der Waals surface area contributed by atoms with Crippen molar-refractivity contribution in [1.29, 1.82) is 0 Å². The molecule has 0 saturated carbocycles. The van der Waals surface area contributed by atoms with Crippen LogP contribution < -0.4 is 20.3 Å². The van der Waals surface area contributed by atoms with E-state index in [1.165, 1.54) is 4.88 Å². The molecule has 4 rings (SSSR count). The van der Waals surface area contributed by atoms with Crippen molar-refractivity contribution in [2.45, 2.75) is 25.3 Å². The number of hydrogen-bond acceptors (Lipinski definition) is 5. The third-order valence-electron chi connectivity index (χ3n) is 5.91. The zero-order chi connectivity index (χ0) is 23.0. The van der Waals surface area contributed by atoms with Gasteiger partial charge in [0.15, 0.2) is 0 Å². The van der Waals surface area contributed by atoms with Crippen molar-refractivity contribution in [2.75, 3.05) is 31.6 Å². The van der Waals surface area contributed by atoms with Crippen molar-refractivity contribution in [2.24, 2.45) is 0 Å². The first-order valence-corrected chi connectivity index (χ1v) is 12.1. The minimum absolute atomic E-state index is 0.0444. The maximum Gasteiger partial charge on any atom is 0.253 e.